The summed E-state index contributed by atoms with van der Waals surface area (Å²) in [5.41, 5.74) is -0.451. The van der Waals surface area contributed by atoms with Crippen molar-refractivity contribution in [3.8, 4) is 0 Å². The molecule has 0 radical (unpaired) electrons. The van der Waals surface area contributed by atoms with E-state index in [1.54, 1.807) is 4.90 Å². The number of thioether (sulfide) groups is 1. The summed E-state index contributed by atoms with van der Waals surface area (Å²) in [4.78, 5) is 29.8. The highest BCUT2D eigenvalue weighted by Crippen LogP contribution is 2.37. The monoisotopic (exact) mass is 559 g/mol. The second kappa shape index (κ2) is 10.7. The van der Waals surface area contributed by atoms with Crippen LogP contribution in [0.3, 0.4) is 0 Å². The second-order valence-electron chi connectivity index (χ2n) is 8.63. The number of hydrogen-bond acceptors (Lipinski definition) is 7. The minimum atomic E-state index is -0.675. The van der Waals surface area contributed by atoms with Crippen molar-refractivity contribution < 1.29 is 13.9 Å². The first kappa shape index (κ1) is 26.0. The van der Waals surface area contributed by atoms with Crippen LogP contribution in [0, 0.1) is 5.82 Å². The molecule has 11 heteroatoms. The molecule has 0 spiro atoms. The number of carbonyl (C=O) groups excluding carboxylic acids is 1. The maximum Gasteiger partial charge on any atom is 0.410 e. The van der Waals surface area contributed by atoms with Gasteiger partial charge in [-0.1, -0.05) is 36.4 Å². The van der Waals surface area contributed by atoms with Crippen LogP contribution in [0.15, 0.2) is 22.4 Å². The number of fused-ring (bicyclic) bond motifs is 1. The molecule has 1 fully saturated rings. The number of amides is 1. The summed E-state index contributed by atoms with van der Waals surface area (Å²) in [6.45, 7) is 12.8. The number of anilines is 1. The van der Waals surface area contributed by atoms with Gasteiger partial charge in [0, 0.05) is 25.7 Å². The number of ether oxygens (including phenoxy) is 1. The van der Waals surface area contributed by atoms with Crippen LogP contribution in [-0.2, 0) is 4.74 Å². The van der Waals surface area contributed by atoms with Gasteiger partial charge < -0.3 is 14.5 Å². The van der Waals surface area contributed by atoms with Crippen LogP contribution in [-0.4, -0.2) is 63.0 Å². The molecule has 1 atom stereocenters. The van der Waals surface area contributed by atoms with Crippen LogP contribution in [0.1, 0.15) is 40.5 Å². The van der Waals surface area contributed by atoms with E-state index >= 15 is 0 Å². The van der Waals surface area contributed by atoms with E-state index in [9.17, 15) is 9.18 Å². The van der Waals surface area contributed by atoms with Gasteiger partial charge in [-0.05, 0) is 55.3 Å². The highest BCUT2D eigenvalue weighted by Gasteiger charge is 2.34. The van der Waals surface area contributed by atoms with Gasteiger partial charge in [0.15, 0.2) is 16.1 Å². The summed E-state index contributed by atoms with van der Waals surface area (Å²) in [5, 5.41) is 0.682. The highest BCUT2D eigenvalue weighted by molar-refractivity contribution is 9.10. The van der Waals surface area contributed by atoms with Crippen molar-refractivity contribution in [2.45, 2.75) is 57.3 Å². The molecular weight excluding hydrogens is 533 g/mol. The summed E-state index contributed by atoms with van der Waals surface area (Å²) in [7, 11) is 0. The van der Waals surface area contributed by atoms with Gasteiger partial charge in [-0.2, -0.15) is 0 Å². The van der Waals surface area contributed by atoms with Gasteiger partial charge in [0.1, 0.15) is 21.5 Å². The zero-order valence-corrected chi connectivity index (χ0v) is 22.4. The fraction of sp³-hybridized carbons (Fsp3) is 0.545. The molecule has 0 aromatic carbocycles. The zero-order chi connectivity index (χ0) is 24.3. The standard InChI is InChI=1S/C22H28BrClFN5O2S/c1-6-8-9-13-12-29(21(31)32-22(3,4)5)10-11-30(13)19-14-16(26-20(28-19)33-7-2)15(25)18(24)27-17(14)23/h6,13H,1,7-12H2,2-5H3. The molecule has 1 saturated heterocycles. The van der Waals surface area contributed by atoms with E-state index in [-0.39, 0.29) is 22.8 Å². The predicted octanol–water partition coefficient (Wildman–Crippen LogP) is 6.08. The van der Waals surface area contributed by atoms with Gasteiger partial charge in [0.2, 0.25) is 0 Å². The van der Waals surface area contributed by atoms with Gasteiger partial charge in [0.25, 0.3) is 0 Å². The zero-order valence-electron chi connectivity index (χ0n) is 19.2. The van der Waals surface area contributed by atoms with Crippen molar-refractivity contribution in [1.29, 1.82) is 0 Å². The van der Waals surface area contributed by atoms with Crippen LogP contribution in [0.2, 0.25) is 5.15 Å². The Bertz CT molecular complexity index is 1050. The number of aromatic nitrogens is 3. The normalized spacial score (nSPS) is 16.9. The third-order valence-corrected chi connectivity index (χ3v) is 6.60. The number of pyridine rings is 1. The number of carbonyl (C=O) groups is 1. The Hall–Kier alpha value is -1.65. The number of rotatable bonds is 6. The van der Waals surface area contributed by atoms with Crippen molar-refractivity contribution in [1.82, 2.24) is 19.9 Å². The van der Waals surface area contributed by atoms with Crippen LogP contribution < -0.4 is 4.90 Å². The molecule has 0 bridgehead atoms. The molecule has 1 amide bonds. The van der Waals surface area contributed by atoms with Crippen LogP contribution in [0.25, 0.3) is 10.9 Å². The van der Waals surface area contributed by atoms with Crippen molar-refractivity contribution >= 4 is 62.1 Å². The van der Waals surface area contributed by atoms with Gasteiger partial charge >= 0.3 is 6.09 Å². The fourth-order valence-corrected chi connectivity index (χ4v) is 5.04. The molecule has 180 valence electrons. The number of hydrogen-bond donors (Lipinski definition) is 0. The van der Waals surface area contributed by atoms with E-state index in [1.807, 2.05) is 33.8 Å². The summed E-state index contributed by atoms with van der Waals surface area (Å²) in [5.74, 6) is 0.633. The third-order valence-electron chi connectivity index (χ3n) is 5.04. The van der Waals surface area contributed by atoms with Crippen molar-refractivity contribution in [3.05, 3.63) is 28.2 Å². The number of allylic oxidation sites excluding steroid dienone is 1. The third kappa shape index (κ3) is 6.08. The average molecular weight is 561 g/mol. The van der Waals surface area contributed by atoms with Crippen LogP contribution >= 0.6 is 39.3 Å². The van der Waals surface area contributed by atoms with E-state index in [0.717, 1.165) is 18.6 Å². The number of halogens is 3. The SMILES string of the molecule is C=CCCC1CN(C(=O)OC(C)(C)C)CCN1c1nc(SCC)nc2c(F)c(Cl)nc(Br)c12. The Kier molecular flexibility index (Phi) is 8.45. The molecule has 33 heavy (non-hydrogen) atoms. The van der Waals surface area contributed by atoms with E-state index in [2.05, 4.69) is 37.4 Å². The van der Waals surface area contributed by atoms with Crippen molar-refractivity contribution in [2.75, 3.05) is 30.3 Å². The fourth-order valence-electron chi connectivity index (χ4n) is 3.65. The Morgan fingerprint density at radius 3 is 2.73 bits per heavy atom. The lowest BCUT2D eigenvalue weighted by molar-refractivity contribution is 0.0212. The van der Waals surface area contributed by atoms with E-state index in [4.69, 9.17) is 21.3 Å². The summed E-state index contributed by atoms with van der Waals surface area (Å²) >= 11 is 10.9. The minimum Gasteiger partial charge on any atom is -0.444 e. The minimum absolute atomic E-state index is 0.0764. The summed E-state index contributed by atoms with van der Waals surface area (Å²) < 4.78 is 20.9. The Morgan fingerprint density at radius 1 is 1.36 bits per heavy atom. The molecule has 1 aliphatic heterocycles. The molecule has 3 heterocycles. The first-order valence-electron chi connectivity index (χ1n) is 10.8. The Balaban J connectivity index is 2.06. The average Bonchev–Trinajstić information content (AvgIpc) is 2.74. The molecule has 1 unspecified atom stereocenters. The molecule has 1 aliphatic rings. The van der Waals surface area contributed by atoms with Crippen molar-refractivity contribution in [2.24, 2.45) is 0 Å². The number of piperazine rings is 1. The van der Waals surface area contributed by atoms with Crippen LogP contribution in [0.4, 0.5) is 15.0 Å². The molecule has 3 rings (SSSR count). The first-order valence-corrected chi connectivity index (χ1v) is 12.9. The van der Waals surface area contributed by atoms with E-state index in [0.29, 0.717) is 40.6 Å². The summed E-state index contributed by atoms with van der Waals surface area (Å²) in [6, 6.07) is -0.0764. The largest absolute Gasteiger partial charge is 0.444 e. The Morgan fingerprint density at radius 2 is 2.09 bits per heavy atom. The van der Waals surface area contributed by atoms with Gasteiger partial charge in [0.05, 0.1) is 5.39 Å². The maximum atomic E-state index is 15.0. The molecule has 7 nitrogen and oxygen atoms in total. The molecule has 2 aromatic heterocycles. The maximum absolute atomic E-state index is 15.0. The van der Waals surface area contributed by atoms with Gasteiger partial charge in [-0.15, -0.1) is 6.58 Å². The number of nitrogens with zero attached hydrogens (tertiary/aromatic N) is 5. The highest BCUT2D eigenvalue weighted by atomic mass is 79.9. The smallest absolute Gasteiger partial charge is 0.410 e. The van der Waals surface area contributed by atoms with Gasteiger partial charge in [-0.25, -0.2) is 24.1 Å². The lowest BCUT2D eigenvalue weighted by atomic mass is 10.1. The van der Waals surface area contributed by atoms with Crippen LogP contribution in [0.5, 0.6) is 0 Å². The first-order chi connectivity index (χ1) is 15.6. The lowest BCUT2D eigenvalue weighted by Gasteiger charge is -2.42. The van der Waals surface area contributed by atoms with E-state index in [1.165, 1.54) is 11.8 Å². The molecule has 0 aliphatic carbocycles. The molecule has 0 N–H and O–H groups in total. The molecule has 2 aromatic rings. The topological polar surface area (TPSA) is 71.5 Å². The summed E-state index contributed by atoms with van der Waals surface area (Å²) in [6.07, 6.45) is 2.99. The lowest BCUT2D eigenvalue weighted by Crippen LogP contribution is -2.56. The second-order valence-corrected chi connectivity index (χ2v) is 11.0. The quantitative estimate of drug-likeness (QED) is 0.183. The van der Waals surface area contributed by atoms with Crippen molar-refractivity contribution in [3.63, 3.8) is 0 Å². The van der Waals surface area contributed by atoms with E-state index < -0.39 is 11.4 Å². The van der Waals surface area contributed by atoms with Gasteiger partial charge in [-0.3, -0.25) is 0 Å². The molecule has 0 saturated carbocycles. The molecular formula is C22H28BrClFN5O2S. The Labute approximate surface area is 211 Å². The predicted molar refractivity (Wildman–Crippen MR) is 135 cm³/mol.